The predicted octanol–water partition coefficient (Wildman–Crippen LogP) is 5.56. The molecule has 1 aliphatic rings. The minimum atomic E-state index is -0.927. The van der Waals surface area contributed by atoms with Crippen LogP contribution in [0.3, 0.4) is 0 Å². The van der Waals surface area contributed by atoms with Crippen LogP contribution in [0.5, 0.6) is 5.75 Å². The standard InChI is InChI=1S/C24H25N3O3/c1-3-17(2)30-20-12-13-21(25-16-20)18-8-10-19(11-9-18)26-14-15-27(24(28)29)23-7-5-4-6-22(23)26/h4-13,16-17H,3,14-15H2,1-2H3,(H,28,29). The van der Waals surface area contributed by atoms with Crippen LogP contribution in [0.1, 0.15) is 20.3 Å². The summed E-state index contributed by atoms with van der Waals surface area (Å²) < 4.78 is 5.80. The summed E-state index contributed by atoms with van der Waals surface area (Å²) in [6.07, 6.45) is 1.95. The molecule has 4 rings (SSSR count). The van der Waals surface area contributed by atoms with Crippen molar-refractivity contribution in [2.45, 2.75) is 26.4 Å². The van der Waals surface area contributed by atoms with E-state index in [1.165, 1.54) is 4.90 Å². The smallest absolute Gasteiger partial charge is 0.411 e. The lowest BCUT2D eigenvalue weighted by Crippen LogP contribution is -2.41. The summed E-state index contributed by atoms with van der Waals surface area (Å²) in [4.78, 5) is 19.6. The largest absolute Gasteiger partial charge is 0.489 e. The predicted molar refractivity (Wildman–Crippen MR) is 119 cm³/mol. The highest BCUT2D eigenvalue weighted by Gasteiger charge is 2.26. The molecular weight excluding hydrogens is 378 g/mol. The maximum Gasteiger partial charge on any atom is 0.411 e. The zero-order valence-electron chi connectivity index (χ0n) is 17.2. The fourth-order valence-electron chi connectivity index (χ4n) is 3.58. The van der Waals surface area contributed by atoms with E-state index in [0.717, 1.165) is 34.8 Å². The van der Waals surface area contributed by atoms with Gasteiger partial charge in [0.2, 0.25) is 0 Å². The molecule has 0 bridgehead atoms. The van der Waals surface area contributed by atoms with Gasteiger partial charge in [-0.25, -0.2) is 4.79 Å². The number of amides is 1. The molecule has 1 N–H and O–H groups in total. The van der Waals surface area contributed by atoms with Gasteiger partial charge in [-0.1, -0.05) is 31.2 Å². The summed E-state index contributed by atoms with van der Waals surface area (Å²) in [5.74, 6) is 0.776. The number of hydrogen-bond acceptors (Lipinski definition) is 4. The van der Waals surface area contributed by atoms with E-state index >= 15 is 0 Å². The van der Waals surface area contributed by atoms with Crippen molar-refractivity contribution in [1.29, 1.82) is 0 Å². The first-order chi connectivity index (χ1) is 14.6. The molecule has 30 heavy (non-hydrogen) atoms. The van der Waals surface area contributed by atoms with Crippen LogP contribution in [-0.4, -0.2) is 35.4 Å². The third-order valence-corrected chi connectivity index (χ3v) is 5.36. The van der Waals surface area contributed by atoms with Gasteiger partial charge in [-0.15, -0.1) is 0 Å². The van der Waals surface area contributed by atoms with Crippen molar-refractivity contribution >= 4 is 23.2 Å². The number of carbonyl (C=O) groups is 1. The first kappa shape index (κ1) is 19.8. The lowest BCUT2D eigenvalue weighted by Gasteiger charge is -2.36. The second kappa shape index (κ2) is 8.45. The van der Waals surface area contributed by atoms with Crippen LogP contribution in [0.15, 0.2) is 66.9 Å². The van der Waals surface area contributed by atoms with Gasteiger partial charge in [0.15, 0.2) is 0 Å². The van der Waals surface area contributed by atoms with Crippen LogP contribution in [0.4, 0.5) is 21.9 Å². The van der Waals surface area contributed by atoms with E-state index in [9.17, 15) is 9.90 Å². The van der Waals surface area contributed by atoms with E-state index in [4.69, 9.17) is 4.74 Å². The topological polar surface area (TPSA) is 65.9 Å². The average Bonchev–Trinajstić information content (AvgIpc) is 2.79. The molecule has 3 aromatic rings. The molecule has 1 aromatic heterocycles. The molecule has 1 atom stereocenters. The zero-order valence-corrected chi connectivity index (χ0v) is 17.2. The Balaban J connectivity index is 1.55. The lowest BCUT2D eigenvalue weighted by molar-refractivity contribution is 0.201. The number of benzene rings is 2. The summed E-state index contributed by atoms with van der Waals surface area (Å²) in [6, 6.07) is 19.7. The molecule has 0 saturated heterocycles. The molecule has 6 nitrogen and oxygen atoms in total. The lowest BCUT2D eigenvalue weighted by atomic mass is 10.1. The van der Waals surface area contributed by atoms with E-state index in [1.54, 1.807) is 6.20 Å². The number of fused-ring (bicyclic) bond motifs is 1. The summed E-state index contributed by atoms with van der Waals surface area (Å²) in [7, 11) is 0. The molecule has 154 valence electrons. The Labute approximate surface area is 176 Å². The van der Waals surface area contributed by atoms with Gasteiger partial charge in [0.05, 0.1) is 29.4 Å². The molecule has 1 aliphatic heterocycles. The summed E-state index contributed by atoms with van der Waals surface area (Å²) in [5, 5.41) is 9.48. The van der Waals surface area contributed by atoms with E-state index in [1.807, 2.05) is 67.6 Å². The molecular formula is C24H25N3O3. The summed E-state index contributed by atoms with van der Waals surface area (Å²) in [6.45, 7) is 5.16. The number of nitrogens with zero attached hydrogens (tertiary/aromatic N) is 3. The summed E-state index contributed by atoms with van der Waals surface area (Å²) in [5.41, 5.74) is 4.52. The Kier molecular flexibility index (Phi) is 5.57. The van der Waals surface area contributed by atoms with E-state index < -0.39 is 6.09 Å². The number of anilines is 3. The normalized spacial score (nSPS) is 14.2. The van der Waals surface area contributed by atoms with E-state index in [0.29, 0.717) is 18.8 Å². The van der Waals surface area contributed by atoms with Gasteiger partial charge in [-0.05, 0) is 49.7 Å². The van der Waals surface area contributed by atoms with Crippen LogP contribution in [0, 0.1) is 0 Å². The monoisotopic (exact) mass is 403 g/mol. The van der Waals surface area contributed by atoms with Crippen molar-refractivity contribution in [1.82, 2.24) is 4.98 Å². The highest BCUT2D eigenvalue weighted by molar-refractivity contribution is 5.94. The zero-order chi connectivity index (χ0) is 21.1. The summed E-state index contributed by atoms with van der Waals surface area (Å²) >= 11 is 0. The molecule has 0 saturated carbocycles. The number of hydrogen-bond donors (Lipinski definition) is 1. The van der Waals surface area contributed by atoms with Crippen LogP contribution >= 0.6 is 0 Å². The molecule has 6 heteroatoms. The number of para-hydroxylation sites is 2. The molecule has 0 spiro atoms. The molecule has 0 radical (unpaired) electrons. The van der Waals surface area contributed by atoms with Crippen LogP contribution in [0.25, 0.3) is 11.3 Å². The maximum atomic E-state index is 11.6. The quantitative estimate of drug-likeness (QED) is 0.604. The number of pyridine rings is 1. The molecule has 2 heterocycles. The van der Waals surface area contributed by atoms with Gasteiger partial charge in [0.25, 0.3) is 0 Å². The Morgan fingerprint density at radius 2 is 1.80 bits per heavy atom. The van der Waals surface area contributed by atoms with E-state index in [2.05, 4.69) is 16.8 Å². The molecule has 0 fully saturated rings. The molecule has 2 aromatic carbocycles. The Bertz CT molecular complexity index is 1020. The second-order valence-electron chi connectivity index (χ2n) is 7.34. The second-order valence-corrected chi connectivity index (χ2v) is 7.34. The minimum Gasteiger partial charge on any atom is -0.489 e. The third-order valence-electron chi connectivity index (χ3n) is 5.36. The SMILES string of the molecule is CCC(C)Oc1ccc(-c2ccc(N3CCN(C(=O)O)c4ccccc43)cc2)nc1. The van der Waals surface area contributed by atoms with Gasteiger partial charge < -0.3 is 14.7 Å². The van der Waals surface area contributed by atoms with Crippen molar-refractivity contribution in [3.8, 4) is 17.0 Å². The van der Waals surface area contributed by atoms with Crippen LogP contribution < -0.4 is 14.5 Å². The first-order valence-electron chi connectivity index (χ1n) is 10.2. The molecule has 0 aliphatic carbocycles. The fourth-order valence-corrected chi connectivity index (χ4v) is 3.58. The Morgan fingerprint density at radius 1 is 1.07 bits per heavy atom. The van der Waals surface area contributed by atoms with Gasteiger partial charge in [-0.3, -0.25) is 9.88 Å². The van der Waals surface area contributed by atoms with Gasteiger partial charge in [0.1, 0.15) is 5.75 Å². The highest BCUT2D eigenvalue weighted by Crippen LogP contribution is 2.38. The van der Waals surface area contributed by atoms with Crippen molar-refractivity contribution in [2.75, 3.05) is 22.9 Å². The number of rotatable bonds is 5. The van der Waals surface area contributed by atoms with Crippen molar-refractivity contribution in [2.24, 2.45) is 0 Å². The molecule has 1 amide bonds. The number of carboxylic acid groups (broad SMARTS) is 1. The van der Waals surface area contributed by atoms with Gasteiger partial charge in [0, 0.05) is 24.3 Å². The van der Waals surface area contributed by atoms with Crippen molar-refractivity contribution < 1.29 is 14.6 Å². The van der Waals surface area contributed by atoms with E-state index in [-0.39, 0.29) is 6.10 Å². The minimum absolute atomic E-state index is 0.168. The van der Waals surface area contributed by atoms with Crippen molar-refractivity contribution in [3.63, 3.8) is 0 Å². The maximum absolute atomic E-state index is 11.6. The molecule has 1 unspecified atom stereocenters. The fraction of sp³-hybridized carbons (Fsp3) is 0.250. The number of aromatic nitrogens is 1. The average molecular weight is 403 g/mol. The van der Waals surface area contributed by atoms with Crippen molar-refractivity contribution in [3.05, 3.63) is 66.9 Å². The van der Waals surface area contributed by atoms with Crippen LogP contribution in [-0.2, 0) is 0 Å². The van der Waals surface area contributed by atoms with Gasteiger partial charge >= 0.3 is 6.09 Å². The third kappa shape index (κ3) is 3.94. The Hall–Kier alpha value is -3.54. The van der Waals surface area contributed by atoms with Gasteiger partial charge in [-0.2, -0.15) is 0 Å². The van der Waals surface area contributed by atoms with Crippen LogP contribution in [0.2, 0.25) is 0 Å². The first-order valence-corrected chi connectivity index (χ1v) is 10.2. The Morgan fingerprint density at radius 3 is 2.43 bits per heavy atom. The number of ether oxygens (including phenoxy) is 1. The highest BCUT2D eigenvalue weighted by atomic mass is 16.5.